The highest BCUT2D eigenvalue weighted by Gasteiger charge is 2.29. The smallest absolute Gasteiger partial charge is 0.384 e. The van der Waals surface area contributed by atoms with Gasteiger partial charge < -0.3 is 5.73 Å². The Morgan fingerprint density at radius 3 is 2.33 bits per heavy atom. The number of anilines is 1. The first-order valence-electron chi connectivity index (χ1n) is 6.41. The molecule has 0 bridgehead atoms. The summed E-state index contributed by atoms with van der Waals surface area (Å²) in [4.78, 5) is 8.74. The van der Waals surface area contributed by atoms with Crippen LogP contribution in [0.4, 0.5) is 19.0 Å². The first kappa shape index (κ1) is 14.2. The minimum Gasteiger partial charge on any atom is -0.384 e. The molecule has 21 heavy (non-hydrogen) atoms. The highest BCUT2D eigenvalue weighted by atomic mass is 32.2. The maximum Gasteiger partial charge on any atom is 0.446 e. The summed E-state index contributed by atoms with van der Waals surface area (Å²) < 4.78 is 36.9. The molecule has 0 radical (unpaired) electrons. The molecule has 3 rings (SSSR count). The molecular formula is C14H12F3N3S. The van der Waals surface area contributed by atoms with Crippen LogP contribution in [0.25, 0.3) is 11.4 Å². The lowest BCUT2D eigenvalue weighted by molar-refractivity contribution is -0.0328. The number of halogens is 3. The molecule has 1 fully saturated rings. The second-order valence-corrected chi connectivity index (χ2v) is 6.03. The van der Waals surface area contributed by atoms with E-state index in [2.05, 4.69) is 9.97 Å². The van der Waals surface area contributed by atoms with Crippen molar-refractivity contribution < 1.29 is 13.2 Å². The van der Waals surface area contributed by atoms with Gasteiger partial charge in [-0.3, -0.25) is 0 Å². The summed E-state index contributed by atoms with van der Waals surface area (Å²) in [6, 6.07) is 7.75. The van der Waals surface area contributed by atoms with Crippen LogP contribution in [-0.2, 0) is 0 Å². The third-order valence-electron chi connectivity index (χ3n) is 3.11. The van der Waals surface area contributed by atoms with E-state index >= 15 is 0 Å². The average molecular weight is 311 g/mol. The van der Waals surface area contributed by atoms with Gasteiger partial charge in [0.2, 0.25) is 0 Å². The summed E-state index contributed by atoms with van der Waals surface area (Å²) in [5, 5.41) is 0. The normalized spacial score (nSPS) is 15.2. The van der Waals surface area contributed by atoms with Gasteiger partial charge in [-0.1, -0.05) is 12.1 Å². The summed E-state index contributed by atoms with van der Waals surface area (Å²) >= 11 is -0.140. The van der Waals surface area contributed by atoms with Gasteiger partial charge in [-0.15, -0.1) is 0 Å². The van der Waals surface area contributed by atoms with Crippen LogP contribution in [0.5, 0.6) is 0 Å². The minimum absolute atomic E-state index is 0.137. The predicted octanol–water partition coefficient (Wildman–Crippen LogP) is 4.22. The van der Waals surface area contributed by atoms with E-state index in [1.54, 1.807) is 18.2 Å². The van der Waals surface area contributed by atoms with Crippen LogP contribution in [0.15, 0.2) is 35.2 Å². The quantitative estimate of drug-likeness (QED) is 0.863. The Morgan fingerprint density at radius 2 is 1.76 bits per heavy atom. The van der Waals surface area contributed by atoms with Gasteiger partial charge in [0.15, 0.2) is 5.82 Å². The third kappa shape index (κ3) is 3.66. The largest absolute Gasteiger partial charge is 0.446 e. The molecule has 0 amide bonds. The first-order chi connectivity index (χ1) is 9.90. The molecule has 7 heteroatoms. The van der Waals surface area contributed by atoms with Crippen molar-refractivity contribution in [1.29, 1.82) is 0 Å². The van der Waals surface area contributed by atoms with Gasteiger partial charge in [0, 0.05) is 28.1 Å². The first-order valence-corrected chi connectivity index (χ1v) is 7.23. The third-order valence-corrected chi connectivity index (χ3v) is 3.85. The van der Waals surface area contributed by atoms with Crippen LogP contribution in [-0.4, -0.2) is 15.5 Å². The van der Waals surface area contributed by atoms with Gasteiger partial charge in [0.05, 0.1) is 0 Å². The van der Waals surface area contributed by atoms with Gasteiger partial charge in [-0.2, -0.15) is 13.2 Å². The summed E-state index contributed by atoms with van der Waals surface area (Å²) in [5.74, 6) is 1.28. The minimum atomic E-state index is -4.28. The molecule has 110 valence electrons. The molecule has 1 saturated carbocycles. The summed E-state index contributed by atoms with van der Waals surface area (Å²) in [6.45, 7) is 0. The Balaban J connectivity index is 1.86. The van der Waals surface area contributed by atoms with Crippen molar-refractivity contribution in [2.75, 3.05) is 5.73 Å². The monoisotopic (exact) mass is 311 g/mol. The number of hydrogen-bond acceptors (Lipinski definition) is 4. The van der Waals surface area contributed by atoms with Gasteiger partial charge in [-0.05, 0) is 36.7 Å². The van der Waals surface area contributed by atoms with Gasteiger partial charge >= 0.3 is 5.51 Å². The van der Waals surface area contributed by atoms with Crippen molar-refractivity contribution in [3.63, 3.8) is 0 Å². The SMILES string of the molecule is Nc1cc(C2CC2)nc(-c2ccc(SC(F)(F)F)cc2)n1. The standard InChI is InChI=1S/C14H12F3N3S/c15-14(16,17)21-10-5-3-9(4-6-10)13-19-11(8-1-2-8)7-12(18)20-13/h3-8H,1-2H2,(H2,18,19,20). The van der Waals surface area contributed by atoms with Gasteiger partial charge in [-0.25, -0.2) is 9.97 Å². The molecule has 2 N–H and O–H groups in total. The van der Waals surface area contributed by atoms with Crippen LogP contribution < -0.4 is 5.73 Å². The van der Waals surface area contributed by atoms with Crippen molar-refractivity contribution in [2.24, 2.45) is 0 Å². The Hall–Kier alpha value is -1.76. The molecule has 1 aliphatic carbocycles. The lowest BCUT2D eigenvalue weighted by Crippen LogP contribution is -2.00. The fourth-order valence-corrected chi connectivity index (χ4v) is 2.55. The number of nitrogens with two attached hydrogens (primary N) is 1. The number of nitrogens with zero attached hydrogens (tertiary/aromatic N) is 2. The molecule has 2 aromatic rings. The van der Waals surface area contributed by atoms with Crippen LogP contribution in [0.1, 0.15) is 24.5 Å². The molecule has 0 atom stereocenters. The molecule has 1 aliphatic rings. The van der Waals surface area contributed by atoms with Crippen LogP contribution >= 0.6 is 11.8 Å². The lowest BCUT2D eigenvalue weighted by Gasteiger charge is -2.07. The van der Waals surface area contributed by atoms with Crippen LogP contribution in [0, 0.1) is 0 Å². The summed E-state index contributed by atoms with van der Waals surface area (Å²) in [6.07, 6.45) is 2.19. The number of aromatic nitrogens is 2. The van der Waals surface area contributed by atoms with E-state index in [1.165, 1.54) is 12.1 Å². The van der Waals surface area contributed by atoms with Crippen molar-refractivity contribution in [2.45, 2.75) is 29.2 Å². The fraction of sp³-hybridized carbons (Fsp3) is 0.286. The van der Waals surface area contributed by atoms with Gasteiger partial charge in [0.1, 0.15) is 5.82 Å². The Labute approximate surface area is 123 Å². The highest BCUT2D eigenvalue weighted by Crippen LogP contribution is 2.40. The average Bonchev–Trinajstić information content (AvgIpc) is 3.21. The number of alkyl halides is 3. The number of hydrogen-bond donors (Lipinski definition) is 1. The van der Waals surface area contributed by atoms with Crippen LogP contribution in [0.3, 0.4) is 0 Å². The zero-order chi connectivity index (χ0) is 15.0. The summed E-state index contributed by atoms with van der Waals surface area (Å²) in [5.41, 5.74) is 3.06. The zero-order valence-corrected chi connectivity index (χ0v) is 11.7. The molecule has 3 nitrogen and oxygen atoms in total. The van der Waals surface area contributed by atoms with E-state index in [9.17, 15) is 13.2 Å². The number of benzene rings is 1. The van der Waals surface area contributed by atoms with E-state index < -0.39 is 5.51 Å². The maximum absolute atomic E-state index is 12.3. The molecule has 0 saturated heterocycles. The molecule has 1 heterocycles. The summed E-state index contributed by atoms with van der Waals surface area (Å²) in [7, 11) is 0. The van der Waals surface area contributed by atoms with Crippen molar-refractivity contribution in [1.82, 2.24) is 9.97 Å². The molecule has 0 aliphatic heterocycles. The second kappa shape index (κ2) is 5.22. The molecule has 0 unspecified atom stereocenters. The zero-order valence-electron chi connectivity index (χ0n) is 10.9. The number of rotatable bonds is 3. The van der Waals surface area contributed by atoms with E-state index in [0.29, 0.717) is 23.1 Å². The maximum atomic E-state index is 12.3. The van der Waals surface area contributed by atoms with E-state index in [4.69, 9.17) is 5.73 Å². The van der Waals surface area contributed by atoms with E-state index in [-0.39, 0.29) is 16.7 Å². The highest BCUT2D eigenvalue weighted by molar-refractivity contribution is 8.00. The molecule has 0 spiro atoms. The molecule has 1 aromatic heterocycles. The van der Waals surface area contributed by atoms with Crippen molar-refractivity contribution in [3.05, 3.63) is 36.0 Å². The van der Waals surface area contributed by atoms with Crippen molar-refractivity contribution >= 4 is 17.6 Å². The van der Waals surface area contributed by atoms with E-state index in [1.807, 2.05) is 0 Å². The Bertz CT molecular complexity index is 652. The number of nitrogen functional groups attached to an aromatic ring is 1. The van der Waals surface area contributed by atoms with Crippen molar-refractivity contribution in [3.8, 4) is 11.4 Å². The Morgan fingerprint density at radius 1 is 1.10 bits per heavy atom. The topological polar surface area (TPSA) is 51.8 Å². The second-order valence-electron chi connectivity index (χ2n) is 4.89. The van der Waals surface area contributed by atoms with E-state index in [0.717, 1.165) is 18.5 Å². The Kier molecular flexibility index (Phi) is 3.52. The predicted molar refractivity (Wildman–Crippen MR) is 75.8 cm³/mol. The lowest BCUT2D eigenvalue weighted by atomic mass is 10.2. The number of thioether (sulfide) groups is 1. The fourth-order valence-electron chi connectivity index (χ4n) is 2.01. The van der Waals surface area contributed by atoms with Gasteiger partial charge in [0.25, 0.3) is 0 Å². The molecule has 1 aromatic carbocycles. The molecular weight excluding hydrogens is 299 g/mol. The van der Waals surface area contributed by atoms with Crippen LogP contribution in [0.2, 0.25) is 0 Å².